The summed E-state index contributed by atoms with van der Waals surface area (Å²) in [6.45, 7) is 0. The van der Waals surface area contributed by atoms with Crippen LogP contribution in [0.25, 0.3) is 10.8 Å². The molecule has 0 bridgehead atoms. The van der Waals surface area contributed by atoms with Crippen molar-refractivity contribution in [1.29, 1.82) is 0 Å². The molecule has 128 valence electrons. The number of urea groups is 1. The SMILES string of the molecule is COc1ccc(Cl)cc1NC(=O)Nc1cn(C)c(=O)c2ccccc12. The van der Waals surface area contributed by atoms with Gasteiger partial charge in [0.15, 0.2) is 0 Å². The van der Waals surface area contributed by atoms with E-state index < -0.39 is 6.03 Å². The van der Waals surface area contributed by atoms with Crippen molar-refractivity contribution in [3.8, 4) is 5.75 Å². The summed E-state index contributed by atoms with van der Waals surface area (Å²) >= 11 is 5.97. The molecule has 0 fully saturated rings. The third-order valence-electron chi connectivity index (χ3n) is 3.75. The van der Waals surface area contributed by atoms with Crippen LogP contribution in [-0.4, -0.2) is 17.7 Å². The minimum atomic E-state index is -0.468. The highest BCUT2D eigenvalue weighted by atomic mass is 35.5. The van der Waals surface area contributed by atoms with Crippen LogP contribution in [0.3, 0.4) is 0 Å². The van der Waals surface area contributed by atoms with E-state index >= 15 is 0 Å². The number of hydrogen-bond acceptors (Lipinski definition) is 3. The van der Waals surface area contributed by atoms with Crippen LogP contribution in [0.5, 0.6) is 5.75 Å². The molecule has 3 rings (SSSR count). The number of aryl methyl sites for hydroxylation is 1. The Morgan fingerprint density at radius 2 is 1.76 bits per heavy atom. The van der Waals surface area contributed by atoms with Gasteiger partial charge in [0.05, 0.1) is 18.5 Å². The standard InChI is InChI=1S/C18H16ClN3O3/c1-22-10-15(12-5-3-4-6-13(12)17(22)23)21-18(24)20-14-9-11(19)7-8-16(14)25-2/h3-10H,1-2H3,(H2,20,21,24). The topological polar surface area (TPSA) is 72.4 Å². The molecular weight excluding hydrogens is 342 g/mol. The fourth-order valence-corrected chi connectivity index (χ4v) is 2.74. The highest BCUT2D eigenvalue weighted by Crippen LogP contribution is 2.28. The van der Waals surface area contributed by atoms with Crippen LogP contribution in [0, 0.1) is 0 Å². The molecule has 0 saturated heterocycles. The van der Waals surface area contributed by atoms with Crippen LogP contribution in [0.4, 0.5) is 16.2 Å². The Morgan fingerprint density at radius 1 is 1.08 bits per heavy atom. The van der Waals surface area contributed by atoms with Gasteiger partial charge in [0, 0.05) is 29.0 Å². The molecule has 2 N–H and O–H groups in total. The summed E-state index contributed by atoms with van der Waals surface area (Å²) in [4.78, 5) is 24.6. The maximum Gasteiger partial charge on any atom is 0.323 e. The highest BCUT2D eigenvalue weighted by Gasteiger charge is 2.12. The molecule has 0 atom stereocenters. The van der Waals surface area contributed by atoms with E-state index in [1.807, 2.05) is 6.07 Å². The summed E-state index contributed by atoms with van der Waals surface area (Å²) in [6, 6.07) is 11.6. The largest absolute Gasteiger partial charge is 0.495 e. The van der Waals surface area contributed by atoms with Gasteiger partial charge in [0.1, 0.15) is 5.75 Å². The number of hydrogen-bond donors (Lipinski definition) is 2. The van der Waals surface area contributed by atoms with Gasteiger partial charge >= 0.3 is 6.03 Å². The molecule has 25 heavy (non-hydrogen) atoms. The van der Waals surface area contributed by atoms with Crippen LogP contribution in [0.1, 0.15) is 0 Å². The molecule has 0 aliphatic heterocycles. The lowest BCUT2D eigenvalue weighted by molar-refractivity contribution is 0.262. The molecule has 1 heterocycles. The Labute approximate surface area is 149 Å². The molecular formula is C18H16ClN3O3. The molecule has 1 aromatic heterocycles. The van der Waals surface area contributed by atoms with Gasteiger partial charge < -0.3 is 19.9 Å². The van der Waals surface area contributed by atoms with Crippen LogP contribution in [0.15, 0.2) is 53.5 Å². The first-order valence-electron chi connectivity index (χ1n) is 7.49. The van der Waals surface area contributed by atoms with E-state index in [0.29, 0.717) is 32.9 Å². The van der Waals surface area contributed by atoms with E-state index in [4.69, 9.17) is 16.3 Å². The molecule has 0 spiro atoms. The molecule has 2 aromatic carbocycles. The average molecular weight is 358 g/mol. The summed E-state index contributed by atoms with van der Waals surface area (Å²) in [6.07, 6.45) is 1.58. The van der Waals surface area contributed by atoms with E-state index in [-0.39, 0.29) is 5.56 Å². The summed E-state index contributed by atoms with van der Waals surface area (Å²) in [5.74, 6) is 0.491. The molecule has 0 aliphatic rings. The predicted molar refractivity (Wildman–Crippen MR) is 99.8 cm³/mol. The number of halogens is 1. The lowest BCUT2D eigenvalue weighted by atomic mass is 10.1. The maximum absolute atomic E-state index is 12.4. The zero-order chi connectivity index (χ0) is 18.0. The molecule has 6 nitrogen and oxygen atoms in total. The van der Waals surface area contributed by atoms with E-state index in [9.17, 15) is 9.59 Å². The van der Waals surface area contributed by atoms with E-state index in [0.717, 1.165) is 0 Å². The van der Waals surface area contributed by atoms with Crippen LogP contribution >= 0.6 is 11.6 Å². The van der Waals surface area contributed by atoms with Gasteiger partial charge in [-0.05, 0) is 24.3 Å². The molecule has 7 heteroatoms. The van der Waals surface area contributed by atoms with Gasteiger partial charge in [-0.3, -0.25) is 4.79 Å². The third kappa shape index (κ3) is 3.44. The first-order valence-corrected chi connectivity index (χ1v) is 7.87. The molecule has 2 amide bonds. The Hall–Kier alpha value is -2.99. The van der Waals surface area contributed by atoms with Crippen molar-refractivity contribution in [3.63, 3.8) is 0 Å². The van der Waals surface area contributed by atoms with E-state index in [2.05, 4.69) is 10.6 Å². The van der Waals surface area contributed by atoms with Crippen molar-refractivity contribution in [2.75, 3.05) is 17.7 Å². The van der Waals surface area contributed by atoms with Gasteiger partial charge in [-0.2, -0.15) is 0 Å². The van der Waals surface area contributed by atoms with Gasteiger partial charge in [0.25, 0.3) is 5.56 Å². The number of benzene rings is 2. The molecule has 0 unspecified atom stereocenters. The zero-order valence-corrected chi connectivity index (χ0v) is 14.4. The lowest BCUT2D eigenvalue weighted by Crippen LogP contribution is -2.23. The number of pyridine rings is 1. The van der Waals surface area contributed by atoms with Crippen molar-refractivity contribution in [3.05, 3.63) is 64.0 Å². The molecule has 0 saturated carbocycles. The monoisotopic (exact) mass is 357 g/mol. The number of anilines is 2. The number of amides is 2. The fourth-order valence-electron chi connectivity index (χ4n) is 2.57. The number of ether oxygens (including phenoxy) is 1. The van der Waals surface area contributed by atoms with E-state index in [1.54, 1.807) is 49.6 Å². The second-order valence-electron chi connectivity index (χ2n) is 5.43. The second kappa shape index (κ2) is 6.86. The number of carbonyl (C=O) groups is 1. The Bertz CT molecular complexity index is 1010. The van der Waals surface area contributed by atoms with Crippen molar-refractivity contribution < 1.29 is 9.53 Å². The first-order chi connectivity index (χ1) is 12.0. The van der Waals surface area contributed by atoms with E-state index in [1.165, 1.54) is 11.7 Å². The number of aromatic nitrogens is 1. The number of nitrogens with zero attached hydrogens (tertiary/aromatic N) is 1. The average Bonchev–Trinajstić information content (AvgIpc) is 2.59. The number of methoxy groups -OCH3 is 1. The summed E-state index contributed by atoms with van der Waals surface area (Å²) in [5.41, 5.74) is 0.843. The minimum Gasteiger partial charge on any atom is -0.495 e. The van der Waals surface area contributed by atoms with Crippen LogP contribution < -0.4 is 20.9 Å². The van der Waals surface area contributed by atoms with Gasteiger partial charge in [-0.1, -0.05) is 29.8 Å². The first kappa shape index (κ1) is 16.9. The van der Waals surface area contributed by atoms with Crippen LogP contribution in [0.2, 0.25) is 5.02 Å². The number of fused-ring (bicyclic) bond motifs is 1. The normalized spacial score (nSPS) is 10.5. The van der Waals surface area contributed by atoms with Crippen LogP contribution in [-0.2, 0) is 7.05 Å². The maximum atomic E-state index is 12.4. The van der Waals surface area contributed by atoms with Crippen molar-refractivity contribution in [2.45, 2.75) is 0 Å². The number of carbonyl (C=O) groups excluding carboxylic acids is 1. The van der Waals surface area contributed by atoms with Crippen molar-refractivity contribution in [2.24, 2.45) is 7.05 Å². The quantitative estimate of drug-likeness (QED) is 0.748. The minimum absolute atomic E-state index is 0.127. The van der Waals surface area contributed by atoms with Crippen molar-refractivity contribution in [1.82, 2.24) is 4.57 Å². The Balaban J connectivity index is 1.92. The third-order valence-corrected chi connectivity index (χ3v) is 3.98. The smallest absolute Gasteiger partial charge is 0.323 e. The molecule has 0 aliphatic carbocycles. The van der Waals surface area contributed by atoms with Gasteiger partial charge in [-0.25, -0.2) is 4.79 Å². The lowest BCUT2D eigenvalue weighted by Gasteiger charge is -2.13. The Morgan fingerprint density at radius 3 is 2.48 bits per heavy atom. The number of rotatable bonds is 3. The highest BCUT2D eigenvalue weighted by molar-refractivity contribution is 6.31. The number of nitrogens with one attached hydrogen (secondary N) is 2. The zero-order valence-electron chi connectivity index (χ0n) is 13.7. The fraction of sp³-hybridized carbons (Fsp3) is 0.111. The summed E-state index contributed by atoms with van der Waals surface area (Å²) in [7, 11) is 3.14. The summed E-state index contributed by atoms with van der Waals surface area (Å²) < 4.78 is 6.64. The summed E-state index contributed by atoms with van der Waals surface area (Å²) in [5, 5.41) is 7.14. The predicted octanol–water partition coefficient (Wildman–Crippen LogP) is 3.84. The van der Waals surface area contributed by atoms with Gasteiger partial charge in [0.2, 0.25) is 0 Å². The second-order valence-corrected chi connectivity index (χ2v) is 5.86. The molecule has 3 aromatic rings. The molecule has 0 radical (unpaired) electrons. The Kier molecular flexibility index (Phi) is 4.63. The van der Waals surface area contributed by atoms with Gasteiger partial charge in [-0.15, -0.1) is 0 Å². The van der Waals surface area contributed by atoms with Crippen molar-refractivity contribution >= 4 is 39.8 Å².